The van der Waals surface area contributed by atoms with Crippen molar-refractivity contribution in [3.63, 3.8) is 0 Å². The molecule has 0 saturated carbocycles. The van der Waals surface area contributed by atoms with Gasteiger partial charge in [-0.1, -0.05) is 30.3 Å². The average Bonchev–Trinajstić information content (AvgIpc) is 2.90. The zero-order valence-electron chi connectivity index (χ0n) is 20.0. The van der Waals surface area contributed by atoms with Crippen LogP contribution < -0.4 is 0 Å². The van der Waals surface area contributed by atoms with Crippen LogP contribution in [-0.4, -0.2) is 71.3 Å². The smallest absolute Gasteiger partial charge is 0.255 e. The van der Waals surface area contributed by atoms with E-state index in [4.69, 9.17) is 10.2 Å². The van der Waals surface area contributed by atoms with Gasteiger partial charge in [0.05, 0.1) is 22.7 Å². The van der Waals surface area contributed by atoms with Crippen molar-refractivity contribution >= 4 is 22.7 Å². The van der Waals surface area contributed by atoms with Crippen LogP contribution in [0.2, 0.25) is 0 Å². The number of nitriles is 1. The highest BCUT2D eigenvalue weighted by molar-refractivity contribution is 6.08. The second kappa shape index (κ2) is 9.85. The molecule has 5 rings (SSSR count). The van der Waals surface area contributed by atoms with Crippen molar-refractivity contribution in [1.29, 1.82) is 5.26 Å². The van der Waals surface area contributed by atoms with Gasteiger partial charge in [-0.15, -0.1) is 0 Å². The lowest BCUT2D eigenvalue weighted by Crippen LogP contribution is -2.47. The molecule has 2 amide bonds. The summed E-state index contributed by atoms with van der Waals surface area (Å²) >= 11 is 0. The second-order valence-corrected chi connectivity index (χ2v) is 9.40. The summed E-state index contributed by atoms with van der Waals surface area (Å²) in [6.07, 6.45) is 1.59. The summed E-state index contributed by atoms with van der Waals surface area (Å²) in [6.45, 7) is 4.11. The second-order valence-electron chi connectivity index (χ2n) is 9.40. The van der Waals surface area contributed by atoms with Gasteiger partial charge in [-0.25, -0.2) is 0 Å². The lowest BCUT2D eigenvalue weighted by molar-refractivity contribution is -0.132. The van der Waals surface area contributed by atoms with Crippen molar-refractivity contribution in [3.05, 3.63) is 76.5 Å². The summed E-state index contributed by atoms with van der Waals surface area (Å²) < 4.78 is 0. The predicted molar refractivity (Wildman–Crippen MR) is 134 cm³/mol. The maximum Gasteiger partial charge on any atom is 0.255 e. The molecule has 0 N–H and O–H groups in total. The summed E-state index contributed by atoms with van der Waals surface area (Å²) in [7, 11) is 2.07. The van der Waals surface area contributed by atoms with Crippen molar-refractivity contribution in [1.82, 2.24) is 19.7 Å². The summed E-state index contributed by atoms with van der Waals surface area (Å²) in [5.41, 5.74) is 4.93. The quantitative estimate of drug-likeness (QED) is 0.589. The standard InChI is InChI=1S/C28H29N5O2/c1-31-13-15-32(16-14-31)28(35)27-22-7-2-3-8-24(22)30-25-11-12-33(19-23(25)27)26(34)10-9-20-5-4-6-21(17-20)18-29/h2-8,17H,9-16,19H2,1H3. The topological polar surface area (TPSA) is 80.5 Å². The van der Waals surface area contributed by atoms with Gasteiger partial charge in [0.25, 0.3) is 5.91 Å². The SMILES string of the molecule is CN1CCN(C(=O)c2c3c(nc4ccccc24)CCN(C(=O)CCc2cccc(C#N)c2)C3)CC1. The van der Waals surface area contributed by atoms with Gasteiger partial charge in [0.2, 0.25) is 5.91 Å². The van der Waals surface area contributed by atoms with E-state index >= 15 is 0 Å². The number of aryl methyl sites for hydroxylation is 1. The molecular weight excluding hydrogens is 438 g/mol. The van der Waals surface area contributed by atoms with E-state index in [2.05, 4.69) is 18.0 Å². The molecular formula is C28H29N5O2. The van der Waals surface area contributed by atoms with Crippen molar-refractivity contribution in [2.24, 2.45) is 0 Å². The fourth-order valence-electron chi connectivity index (χ4n) is 5.02. The van der Waals surface area contributed by atoms with E-state index in [-0.39, 0.29) is 11.8 Å². The molecule has 1 fully saturated rings. The number of likely N-dealkylation sites (N-methyl/N-ethyl adjacent to an activating group) is 1. The van der Waals surface area contributed by atoms with Crippen molar-refractivity contribution < 1.29 is 9.59 Å². The highest BCUT2D eigenvalue weighted by Crippen LogP contribution is 2.30. The number of aromatic nitrogens is 1. The first-order chi connectivity index (χ1) is 17.0. The minimum Gasteiger partial charge on any atom is -0.338 e. The van der Waals surface area contributed by atoms with Crippen molar-refractivity contribution in [2.45, 2.75) is 25.8 Å². The molecule has 0 radical (unpaired) electrons. The fourth-order valence-corrected chi connectivity index (χ4v) is 5.02. The van der Waals surface area contributed by atoms with Crippen LogP contribution in [0.4, 0.5) is 0 Å². The number of amides is 2. The van der Waals surface area contributed by atoms with E-state index < -0.39 is 0 Å². The molecule has 0 bridgehead atoms. The number of carbonyl (C=O) groups excluding carboxylic acids is 2. The summed E-state index contributed by atoms with van der Waals surface area (Å²) in [4.78, 5) is 37.8. The average molecular weight is 468 g/mol. The first kappa shape index (κ1) is 23.0. The van der Waals surface area contributed by atoms with Gasteiger partial charge >= 0.3 is 0 Å². The number of piperazine rings is 1. The molecule has 1 saturated heterocycles. The Kier molecular flexibility index (Phi) is 6.47. The van der Waals surface area contributed by atoms with Crippen molar-refractivity contribution in [3.8, 4) is 6.07 Å². The van der Waals surface area contributed by atoms with Crippen LogP contribution >= 0.6 is 0 Å². The molecule has 3 heterocycles. The van der Waals surface area contributed by atoms with Gasteiger partial charge < -0.3 is 14.7 Å². The number of hydrogen-bond donors (Lipinski definition) is 0. The largest absolute Gasteiger partial charge is 0.338 e. The number of nitrogens with zero attached hydrogens (tertiary/aromatic N) is 5. The van der Waals surface area contributed by atoms with E-state index in [0.717, 1.165) is 40.8 Å². The van der Waals surface area contributed by atoms with Crippen LogP contribution in [0, 0.1) is 11.3 Å². The molecule has 2 aliphatic heterocycles. The summed E-state index contributed by atoms with van der Waals surface area (Å²) in [5.74, 6) is 0.0970. The number of pyridine rings is 1. The molecule has 7 heteroatoms. The van der Waals surface area contributed by atoms with Gasteiger partial charge in [0.15, 0.2) is 0 Å². The van der Waals surface area contributed by atoms with Gasteiger partial charge in [-0.05, 0) is 37.2 Å². The lowest BCUT2D eigenvalue weighted by Gasteiger charge is -2.35. The molecule has 1 aromatic heterocycles. The van der Waals surface area contributed by atoms with E-state index in [9.17, 15) is 9.59 Å². The molecule has 0 spiro atoms. The fraction of sp³-hybridized carbons (Fsp3) is 0.357. The van der Waals surface area contributed by atoms with Crippen LogP contribution in [0.1, 0.15) is 39.2 Å². The summed E-state index contributed by atoms with van der Waals surface area (Å²) in [6, 6.07) is 17.4. The highest BCUT2D eigenvalue weighted by Gasteiger charge is 2.30. The lowest BCUT2D eigenvalue weighted by atomic mass is 9.94. The maximum atomic E-state index is 13.8. The van der Waals surface area contributed by atoms with Crippen LogP contribution in [-0.2, 0) is 24.2 Å². The number of rotatable bonds is 4. The third-order valence-corrected chi connectivity index (χ3v) is 7.09. The van der Waals surface area contributed by atoms with E-state index in [1.165, 1.54) is 0 Å². The zero-order valence-corrected chi connectivity index (χ0v) is 20.0. The molecule has 0 atom stereocenters. The van der Waals surface area contributed by atoms with E-state index in [1.54, 1.807) is 6.07 Å². The molecule has 35 heavy (non-hydrogen) atoms. The maximum absolute atomic E-state index is 13.8. The Labute approximate surface area is 205 Å². The molecule has 7 nitrogen and oxygen atoms in total. The number of para-hydroxylation sites is 1. The Morgan fingerprint density at radius 2 is 1.80 bits per heavy atom. The minimum atomic E-state index is 0.0376. The van der Waals surface area contributed by atoms with Crippen LogP contribution in [0.25, 0.3) is 10.9 Å². The number of hydrogen-bond acceptors (Lipinski definition) is 5. The Bertz CT molecular complexity index is 1320. The Balaban J connectivity index is 1.41. The first-order valence-electron chi connectivity index (χ1n) is 12.2. The van der Waals surface area contributed by atoms with Crippen molar-refractivity contribution in [2.75, 3.05) is 39.8 Å². The third kappa shape index (κ3) is 4.75. The third-order valence-electron chi connectivity index (χ3n) is 7.09. The number of benzene rings is 2. The molecule has 178 valence electrons. The Morgan fingerprint density at radius 1 is 1.00 bits per heavy atom. The molecule has 2 aromatic carbocycles. The van der Waals surface area contributed by atoms with Crippen LogP contribution in [0.5, 0.6) is 0 Å². The van der Waals surface area contributed by atoms with Crippen LogP contribution in [0.3, 0.4) is 0 Å². The zero-order chi connectivity index (χ0) is 24.4. The van der Waals surface area contributed by atoms with Gasteiger partial charge in [0, 0.05) is 68.8 Å². The van der Waals surface area contributed by atoms with Gasteiger partial charge in [-0.2, -0.15) is 5.26 Å². The van der Waals surface area contributed by atoms with E-state index in [0.29, 0.717) is 56.6 Å². The first-order valence-corrected chi connectivity index (χ1v) is 12.2. The predicted octanol–water partition coefficient (Wildman–Crippen LogP) is 3.01. The highest BCUT2D eigenvalue weighted by atomic mass is 16.2. The Morgan fingerprint density at radius 3 is 2.60 bits per heavy atom. The number of carbonyl (C=O) groups is 2. The molecule has 0 unspecified atom stereocenters. The number of fused-ring (bicyclic) bond motifs is 2. The molecule has 0 aliphatic carbocycles. The minimum absolute atomic E-state index is 0.0376. The van der Waals surface area contributed by atoms with Gasteiger partial charge in [0.1, 0.15) is 0 Å². The normalized spacial score (nSPS) is 16.1. The van der Waals surface area contributed by atoms with E-state index in [1.807, 2.05) is 52.3 Å². The molecule has 3 aromatic rings. The monoisotopic (exact) mass is 467 g/mol. The van der Waals surface area contributed by atoms with Gasteiger partial charge in [-0.3, -0.25) is 14.6 Å². The Hall–Kier alpha value is -3.76. The molecule has 2 aliphatic rings. The van der Waals surface area contributed by atoms with Crippen LogP contribution in [0.15, 0.2) is 48.5 Å². The summed E-state index contributed by atoms with van der Waals surface area (Å²) in [5, 5.41) is 9.98.